The van der Waals surface area contributed by atoms with Gasteiger partial charge in [-0.1, -0.05) is 11.6 Å². The Morgan fingerprint density at radius 2 is 2.00 bits per heavy atom. The van der Waals surface area contributed by atoms with E-state index in [-0.39, 0.29) is 5.54 Å². The van der Waals surface area contributed by atoms with Crippen molar-refractivity contribution in [3.8, 4) is 5.75 Å². The quantitative estimate of drug-likeness (QED) is 0.862. The maximum atomic E-state index is 6.08. The van der Waals surface area contributed by atoms with Crippen LogP contribution in [0.3, 0.4) is 0 Å². The Labute approximate surface area is 96.4 Å². The van der Waals surface area contributed by atoms with Crippen LogP contribution in [0.1, 0.15) is 25.0 Å². The second-order valence-electron chi connectivity index (χ2n) is 4.52. The first-order valence-corrected chi connectivity index (χ1v) is 5.34. The molecular formula is C12H18ClNO. The molecule has 84 valence electrons. The van der Waals surface area contributed by atoms with E-state index < -0.39 is 0 Å². The Bertz CT molecular complexity index is 355. The maximum absolute atomic E-state index is 6.08. The third kappa shape index (κ3) is 3.11. The Balaban J connectivity index is 3.18. The molecule has 15 heavy (non-hydrogen) atoms. The summed E-state index contributed by atoms with van der Waals surface area (Å²) >= 11 is 6.08. The predicted molar refractivity (Wildman–Crippen MR) is 64.7 cm³/mol. The lowest BCUT2D eigenvalue weighted by molar-refractivity contribution is 0.401. The predicted octanol–water partition coefficient (Wildman–Crippen LogP) is 2.94. The molecule has 0 bridgehead atoms. The molecule has 0 heterocycles. The van der Waals surface area contributed by atoms with E-state index in [1.807, 2.05) is 32.9 Å². The van der Waals surface area contributed by atoms with Gasteiger partial charge in [0.25, 0.3) is 0 Å². The Hall–Kier alpha value is -0.730. The van der Waals surface area contributed by atoms with Crippen molar-refractivity contribution in [1.29, 1.82) is 0 Å². The molecule has 2 N–H and O–H groups in total. The standard InChI is InChI=1S/C12H18ClNO/c1-8-9(7-12(2,3)14)11(15-4)6-5-10(8)13/h5-6H,7,14H2,1-4H3. The van der Waals surface area contributed by atoms with Gasteiger partial charge in [-0.2, -0.15) is 0 Å². The van der Waals surface area contributed by atoms with Crippen molar-refractivity contribution in [2.75, 3.05) is 7.11 Å². The number of hydrogen-bond donors (Lipinski definition) is 1. The van der Waals surface area contributed by atoms with Crippen LogP contribution in [0.25, 0.3) is 0 Å². The van der Waals surface area contributed by atoms with Crippen LogP contribution in [0.4, 0.5) is 0 Å². The molecule has 0 saturated heterocycles. The third-order valence-electron chi connectivity index (χ3n) is 2.34. The average Bonchev–Trinajstić information content (AvgIpc) is 2.11. The van der Waals surface area contributed by atoms with Gasteiger partial charge in [0.1, 0.15) is 5.75 Å². The molecule has 3 heteroatoms. The second kappa shape index (κ2) is 4.42. The highest BCUT2D eigenvalue weighted by atomic mass is 35.5. The van der Waals surface area contributed by atoms with Crippen LogP contribution in [0, 0.1) is 6.92 Å². The highest BCUT2D eigenvalue weighted by Crippen LogP contribution is 2.30. The molecule has 0 atom stereocenters. The summed E-state index contributed by atoms with van der Waals surface area (Å²) in [5, 5.41) is 0.759. The van der Waals surface area contributed by atoms with Crippen molar-refractivity contribution in [1.82, 2.24) is 0 Å². The number of nitrogens with two attached hydrogens (primary N) is 1. The molecule has 0 fully saturated rings. The Kier molecular flexibility index (Phi) is 3.63. The number of ether oxygens (including phenoxy) is 1. The lowest BCUT2D eigenvalue weighted by Crippen LogP contribution is -2.34. The molecule has 1 rings (SSSR count). The summed E-state index contributed by atoms with van der Waals surface area (Å²) in [6, 6.07) is 3.74. The summed E-state index contributed by atoms with van der Waals surface area (Å²) in [4.78, 5) is 0. The molecule has 0 unspecified atom stereocenters. The zero-order chi connectivity index (χ0) is 11.6. The van der Waals surface area contributed by atoms with E-state index in [0.29, 0.717) is 0 Å². The zero-order valence-corrected chi connectivity index (χ0v) is 10.5. The normalized spacial score (nSPS) is 11.6. The van der Waals surface area contributed by atoms with E-state index in [1.165, 1.54) is 0 Å². The number of halogens is 1. The molecule has 2 nitrogen and oxygen atoms in total. The molecule has 0 aromatic heterocycles. The molecule has 0 aliphatic carbocycles. The van der Waals surface area contributed by atoms with Crippen molar-refractivity contribution >= 4 is 11.6 Å². The number of rotatable bonds is 3. The molecule has 0 aliphatic heterocycles. The molecular weight excluding hydrogens is 210 g/mol. The van der Waals surface area contributed by atoms with Crippen LogP contribution in [0.5, 0.6) is 5.75 Å². The first-order chi connectivity index (χ1) is 6.85. The van der Waals surface area contributed by atoms with Gasteiger partial charge in [0.05, 0.1) is 7.11 Å². The van der Waals surface area contributed by atoms with Crippen molar-refractivity contribution in [3.63, 3.8) is 0 Å². The van der Waals surface area contributed by atoms with Crippen LogP contribution in [0.2, 0.25) is 5.02 Å². The summed E-state index contributed by atoms with van der Waals surface area (Å²) < 4.78 is 5.31. The van der Waals surface area contributed by atoms with E-state index in [1.54, 1.807) is 7.11 Å². The van der Waals surface area contributed by atoms with E-state index in [2.05, 4.69) is 0 Å². The number of hydrogen-bond acceptors (Lipinski definition) is 2. The van der Waals surface area contributed by atoms with Crippen LogP contribution in [-0.4, -0.2) is 12.6 Å². The summed E-state index contributed by atoms with van der Waals surface area (Å²) in [6.45, 7) is 5.98. The van der Waals surface area contributed by atoms with Crippen LogP contribution in [-0.2, 0) is 6.42 Å². The van der Waals surface area contributed by atoms with Gasteiger partial charge in [-0.05, 0) is 44.9 Å². The smallest absolute Gasteiger partial charge is 0.122 e. The van der Waals surface area contributed by atoms with Gasteiger partial charge in [0, 0.05) is 16.1 Å². The lowest BCUT2D eigenvalue weighted by atomic mass is 9.92. The van der Waals surface area contributed by atoms with Crippen molar-refractivity contribution < 1.29 is 4.74 Å². The highest BCUT2D eigenvalue weighted by Gasteiger charge is 2.18. The minimum atomic E-state index is -0.261. The van der Waals surface area contributed by atoms with Gasteiger partial charge in [-0.25, -0.2) is 0 Å². The SMILES string of the molecule is COc1ccc(Cl)c(C)c1CC(C)(C)N. The summed E-state index contributed by atoms with van der Waals surface area (Å²) in [7, 11) is 1.66. The van der Waals surface area contributed by atoms with Gasteiger partial charge in [0.15, 0.2) is 0 Å². The summed E-state index contributed by atoms with van der Waals surface area (Å²) in [6.07, 6.45) is 0.753. The van der Waals surface area contributed by atoms with E-state index in [9.17, 15) is 0 Å². The fourth-order valence-electron chi connectivity index (χ4n) is 1.57. The fraction of sp³-hybridized carbons (Fsp3) is 0.500. The van der Waals surface area contributed by atoms with E-state index in [0.717, 1.165) is 28.3 Å². The molecule has 0 aliphatic rings. The van der Waals surface area contributed by atoms with Crippen LogP contribution < -0.4 is 10.5 Å². The monoisotopic (exact) mass is 227 g/mol. The van der Waals surface area contributed by atoms with Crippen molar-refractivity contribution in [2.45, 2.75) is 32.7 Å². The first-order valence-electron chi connectivity index (χ1n) is 4.96. The Morgan fingerprint density at radius 1 is 1.40 bits per heavy atom. The van der Waals surface area contributed by atoms with Gasteiger partial charge < -0.3 is 10.5 Å². The third-order valence-corrected chi connectivity index (χ3v) is 2.75. The number of methoxy groups -OCH3 is 1. The molecule has 0 spiro atoms. The minimum absolute atomic E-state index is 0.261. The van der Waals surface area contributed by atoms with Gasteiger partial charge >= 0.3 is 0 Å². The van der Waals surface area contributed by atoms with Crippen LogP contribution >= 0.6 is 11.6 Å². The molecule has 0 radical (unpaired) electrons. The molecule has 0 saturated carbocycles. The van der Waals surface area contributed by atoms with Crippen molar-refractivity contribution in [2.24, 2.45) is 5.73 Å². The maximum Gasteiger partial charge on any atom is 0.122 e. The van der Waals surface area contributed by atoms with Gasteiger partial charge in [-0.3, -0.25) is 0 Å². The van der Waals surface area contributed by atoms with E-state index >= 15 is 0 Å². The molecule has 1 aromatic carbocycles. The average molecular weight is 228 g/mol. The van der Waals surface area contributed by atoms with Gasteiger partial charge in [0.2, 0.25) is 0 Å². The summed E-state index contributed by atoms with van der Waals surface area (Å²) in [5.74, 6) is 0.857. The van der Waals surface area contributed by atoms with Crippen molar-refractivity contribution in [3.05, 3.63) is 28.3 Å². The largest absolute Gasteiger partial charge is 0.496 e. The van der Waals surface area contributed by atoms with Crippen LogP contribution in [0.15, 0.2) is 12.1 Å². The lowest BCUT2D eigenvalue weighted by Gasteiger charge is -2.22. The second-order valence-corrected chi connectivity index (χ2v) is 4.93. The van der Waals surface area contributed by atoms with Gasteiger partial charge in [-0.15, -0.1) is 0 Å². The van der Waals surface area contributed by atoms with E-state index in [4.69, 9.17) is 22.1 Å². The fourth-order valence-corrected chi connectivity index (χ4v) is 1.75. The highest BCUT2D eigenvalue weighted by molar-refractivity contribution is 6.31. The minimum Gasteiger partial charge on any atom is -0.496 e. The topological polar surface area (TPSA) is 35.2 Å². The first kappa shape index (κ1) is 12.3. The number of benzene rings is 1. The molecule has 0 amide bonds. The summed E-state index contributed by atoms with van der Waals surface area (Å²) in [5.41, 5.74) is 7.90. The Morgan fingerprint density at radius 3 is 2.47 bits per heavy atom. The molecule has 1 aromatic rings. The zero-order valence-electron chi connectivity index (χ0n) is 9.73.